The molecule has 2 N–H and O–H groups in total. The van der Waals surface area contributed by atoms with Crippen LogP contribution in [-0.4, -0.2) is 32.6 Å². The number of benzene rings is 3. The van der Waals surface area contributed by atoms with Crippen molar-refractivity contribution >= 4 is 52.2 Å². The van der Waals surface area contributed by atoms with Gasteiger partial charge in [-0.3, -0.25) is 23.7 Å². The highest BCUT2D eigenvalue weighted by Gasteiger charge is 2.56. The molecule has 0 bridgehead atoms. The predicted molar refractivity (Wildman–Crippen MR) is 150 cm³/mol. The topological polar surface area (TPSA) is 109 Å². The van der Waals surface area contributed by atoms with Gasteiger partial charge in [-0.15, -0.1) is 0 Å². The lowest BCUT2D eigenvalue weighted by Crippen LogP contribution is -2.33. The van der Waals surface area contributed by atoms with Crippen LogP contribution in [0.2, 0.25) is 0 Å². The van der Waals surface area contributed by atoms with Gasteiger partial charge < -0.3 is 10.4 Å². The molecule has 8 nitrogen and oxygen atoms in total. The molecule has 1 fully saturated rings. The van der Waals surface area contributed by atoms with Crippen molar-refractivity contribution < 1.29 is 19.5 Å². The molecule has 2 aliphatic heterocycles. The van der Waals surface area contributed by atoms with Crippen LogP contribution >= 0.6 is 23.1 Å². The number of para-hydroxylation sites is 1. The molecular weight excluding hydrogens is 534 g/mol. The van der Waals surface area contributed by atoms with Crippen molar-refractivity contribution in [1.82, 2.24) is 4.57 Å². The van der Waals surface area contributed by atoms with Crippen LogP contribution in [0.5, 0.6) is 5.75 Å². The van der Waals surface area contributed by atoms with Crippen LogP contribution in [0.4, 0.5) is 11.4 Å². The van der Waals surface area contributed by atoms with Gasteiger partial charge in [-0.25, -0.2) is 4.90 Å². The Hall–Kier alpha value is -4.15. The van der Waals surface area contributed by atoms with Crippen molar-refractivity contribution in [1.29, 1.82) is 0 Å². The lowest BCUT2D eigenvalue weighted by Gasteiger charge is -2.30. The summed E-state index contributed by atoms with van der Waals surface area (Å²) in [6.07, 6.45) is 0. The first-order chi connectivity index (χ1) is 18.8. The van der Waals surface area contributed by atoms with Crippen LogP contribution in [0.15, 0.2) is 88.7 Å². The second-order valence-electron chi connectivity index (χ2n) is 9.52. The summed E-state index contributed by atoms with van der Waals surface area (Å²) in [5.41, 5.74) is 2.82. The zero-order valence-electron chi connectivity index (χ0n) is 20.7. The minimum atomic E-state index is -0.775. The number of aromatic nitrogens is 1. The largest absolute Gasteiger partial charge is 0.508 e. The van der Waals surface area contributed by atoms with Crippen molar-refractivity contribution in [3.63, 3.8) is 0 Å². The average Bonchev–Trinajstić information content (AvgIpc) is 3.36. The summed E-state index contributed by atoms with van der Waals surface area (Å²) in [5, 5.41) is 12.4. The van der Waals surface area contributed by atoms with Crippen LogP contribution in [0.1, 0.15) is 21.9 Å². The van der Waals surface area contributed by atoms with Crippen LogP contribution in [0.25, 0.3) is 0 Å². The average molecular weight is 558 g/mol. The minimum Gasteiger partial charge on any atom is -0.508 e. The maximum Gasteiger partial charge on any atom is 0.308 e. The number of anilines is 2. The normalized spacial score (nSPS) is 20.0. The molecule has 196 valence electrons. The Balaban J connectivity index is 1.42. The fourth-order valence-electron chi connectivity index (χ4n) is 5.11. The molecule has 10 heteroatoms. The van der Waals surface area contributed by atoms with Gasteiger partial charge in [0.05, 0.1) is 16.6 Å². The maximum absolute atomic E-state index is 13.9. The third-order valence-corrected chi connectivity index (χ3v) is 9.56. The Morgan fingerprint density at radius 1 is 0.923 bits per heavy atom. The third-order valence-electron chi connectivity index (χ3n) is 6.95. The van der Waals surface area contributed by atoms with Crippen molar-refractivity contribution in [2.45, 2.75) is 29.7 Å². The van der Waals surface area contributed by atoms with Gasteiger partial charge in [0, 0.05) is 16.5 Å². The molecule has 3 atom stereocenters. The summed E-state index contributed by atoms with van der Waals surface area (Å²) in [5.74, 6) is -2.33. The van der Waals surface area contributed by atoms with E-state index in [4.69, 9.17) is 0 Å². The highest BCUT2D eigenvalue weighted by atomic mass is 32.2. The van der Waals surface area contributed by atoms with E-state index in [1.807, 2.05) is 25.1 Å². The molecule has 3 heterocycles. The lowest BCUT2D eigenvalue weighted by molar-refractivity contribution is -0.122. The SMILES string of the molecule is Cc1ccc(N2C(=O)C3Sc4c(sc(=O)n4CC(=O)Nc4ccccc4)C(c4ccc(O)cc4)C3C2=O)cc1. The zero-order chi connectivity index (χ0) is 27.3. The van der Waals surface area contributed by atoms with E-state index in [0.717, 1.165) is 16.9 Å². The van der Waals surface area contributed by atoms with Gasteiger partial charge in [-0.2, -0.15) is 0 Å². The van der Waals surface area contributed by atoms with E-state index in [-0.39, 0.29) is 34.9 Å². The second kappa shape index (κ2) is 9.87. The molecule has 3 amide bonds. The van der Waals surface area contributed by atoms with Crippen LogP contribution < -0.4 is 15.1 Å². The van der Waals surface area contributed by atoms with E-state index >= 15 is 0 Å². The fraction of sp³-hybridized carbons (Fsp3) is 0.172. The first-order valence-corrected chi connectivity index (χ1v) is 14.0. The third kappa shape index (κ3) is 4.45. The quantitative estimate of drug-likeness (QED) is 0.353. The number of amides is 3. The van der Waals surface area contributed by atoms with E-state index in [2.05, 4.69) is 5.32 Å². The highest BCUT2D eigenvalue weighted by molar-refractivity contribution is 8.00. The predicted octanol–water partition coefficient (Wildman–Crippen LogP) is 4.36. The lowest BCUT2D eigenvalue weighted by atomic mass is 9.83. The number of thiazole rings is 1. The first-order valence-electron chi connectivity index (χ1n) is 12.3. The molecule has 1 saturated heterocycles. The monoisotopic (exact) mass is 557 g/mol. The van der Waals surface area contributed by atoms with Gasteiger partial charge in [-0.1, -0.05) is 71.1 Å². The van der Waals surface area contributed by atoms with E-state index in [9.17, 15) is 24.3 Å². The van der Waals surface area contributed by atoms with Gasteiger partial charge in [0.1, 0.15) is 17.5 Å². The molecule has 0 saturated carbocycles. The van der Waals surface area contributed by atoms with Gasteiger partial charge in [-0.05, 0) is 48.9 Å². The highest BCUT2D eigenvalue weighted by Crippen LogP contribution is 2.54. The van der Waals surface area contributed by atoms with Crippen molar-refractivity contribution in [2.24, 2.45) is 5.92 Å². The van der Waals surface area contributed by atoms with Gasteiger partial charge in [0.2, 0.25) is 17.7 Å². The first kappa shape index (κ1) is 25.1. The fourth-order valence-corrected chi connectivity index (χ4v) is 7.88. The summed E-state index contributed by atoms with van der Waals surface area (Å²) in [4.78, 5) is 55.2. The molecule has 2 aliphatic rings. The van der Waals surface area contributed by atoms with Gasteiger partial charge >= 0.3 is 4.87 Å². The number of nitrogens with zero attached hydrogens (tertiary/aromatic N) is 2. The number of phenolic OH excluding ortho intramolecular Hbond substituents is 1. The molecule has 1 aromatic heterocycles. The molecule has 0 radical (unpaired) electrons. The molecular formula is C29H23N3O5S2. The van der Waals surface area contributed by atoms with E-state index in [1.54, 1.807) is 48.5 Å². The summed E-state index contributed by atoms with van der Waals surface area (Å²) in [7, 11) is 0. The molecule has 0 aliphatic carbocycles. The summed E-state index contributed by atoms with van der Waals surface area (Å²) >= 11 is 2.16. The van der Waals surface area contributed by atoms with Crippen LogP contribution in [0, 0.1) is 12.8 Å². The number of hydrogen-bond donors (Lipinski definition) is 2. The number of carbonyl (C=O) groups is 3. The van der Waals surface area contributed by atoms with Crippen LogP contribution in [0.3, 0.4) is 0 Å². The van der Waals surface area contributed by atoms with Crippen molar-refractivity contribution in [3.8, 4) is 5.75 Å². The van der Waals surface area contributed by atoms with Gasteiger partial charge in [0.15, 0.2) is 0 Å². The second-order valence-corrected chi connectivity index (χ2v) is 11.6. The number of hydrogen-bond acceptors (Lipinski definition) is 7. The number of rotatable bonds is 5. The molecule has 39 heavy (non-hydrogen) atoms. The summed E-state index contributed by atoms with van der Waals surface area (Å²) in [6.45, 7) is 1.70. The molecule has 0 spiro atoms. The summed E-state index contributed by atoms with van der Waals surface area (Å²) in [6, 6.07) is 22.6. The van der Waals surface area contributed by atoms with E-state index < -0.39 is 17.1 Å². The molecule has 3 aromatic carbocycles. The Kier molecular flexibility index (Phi) is 6.36. The number of fused-ring (bicyclic) bond motifs is 2. The summed E-state index contributed by atoms with van der Waals surface area (Å²) < 4.78 is 1.39. The van der Waals surface area contributed by atoms with Crippen molar-refractivity contribution in [3.05, 3.63) is 105 Å². The number of thioether (sulfide) groups is 1. The number of carbonyl (C=O) groups excluding carboxylic acids is 3. The number of nitrogens with one attached hydrogen (secondary N) is 1. The Labute approximate surface area is 231 Å². The standard InChI is InChI=1S/C29H23N3O5S2/c1-16-7-11-19(12-8-16)32-26(35)23-22(17-9-13-20(33)14-10-17)25-28(38-24(23)27(32)36)31(29(37)39-25)15-21(34)30-18-5-3-2-4-6-18/h2-14,22-24,33H,15H2,1H3,(H,30,34). The van der Waals surface area contributed by atoms with Crippen LogP contribution in [-0.2, 0) is 20.9 Å². The minimum absolute atomic E-state index is 0.0687. The van der Waals surface area contributed by atoms with Gasteiger partial charge in [0.25, 0.3) is 0 Å². The van der Waals surface area contributed by atoms with Crippen molar-refractivity contribution in [2.75, 3.05) is 10.2 Å². The van der Waals surface area contributed by atoms with E-state index in [1.165, 1.54) is 33.4 Å². The molecule has 4 aromatic rings. The Morgan fingerprint density at radius 3 is 2.31 bits per heavy atom. The number of aryl methyl sites for hydroxylation is 1. The molecule has 3 unspecified atom stereocenters. The number of phenols is 1. The smallest absolute Gasteiger partial charge is 0.308 e. The Morgan fingerprint density at radius 2 is 1.62 bits per heavy atom. The van der Waals surface area contributed by atoms with E-state index in [0.29, 0.717) is 26.8 Å². The Bertz CT molecular complexity index is 1650. The maximum atomic E-state index is 13.9. The molecule has 6 rings (SSSR count). The number of aromatic hydroxyl groups is 1. The zero-order valence-corrected chi connectivity index (χ0v) is 22.4. The number of imide groups is 1.